The van der Waals surface area contributed by atoms with E-state index in [0.29, 0.717) is 4.47 Å². The van der Waals surface area contributed by atoms with Crippen LogP contribution >= 0.6 is 22.9 Å². The van der Waals surface area contributed by atoms with Gasteiger partial charge in [0.05, 0.1) is 0 Å². The molecule has 2 heterocycles. The van der Waals surface area contributed by atoms with Gasteiger partial charge in [0.1, 0.15) is 0 Å². The molecule has 2 rings (SSSR count). The number of piperidine rings is 1. The average molecular weight is 274 g/mol. The Bertz CT molecular complexity index is 336. The summed E-state index contributed by atoms with van der Waals surface area (Å²) in [7, 11) is 0. The summed E-state index contributed by atoms with van der Waals surface area (Å²) in [6, 6.07) is 0. The lowest BCUT2D eigenvalue weighted by Crippen LogP contribution is -2.37. The summed E-state index contributed by atoms with van der Waals surface area (Å²) >= 11 is 7.45. The summed E-state index contributed by atoms with van der Waals surface area (Å²) in [5, 5.41) is 3.47. The molecule has 1 unspecified atom stereocenters. The van der Waals surface area contributed by atoms with Crippen molar-refractivity contribution in [2.75, 3.05) is 26.2 Å². The van der Waals surface area contributed by atoms with Crippen molar-refractivity contribution < 1.29 is 0 Å². The molecule has 0 aliphatic carbocycles. The topological polar surface area (TPSA) is 28.2 Å². The zero-order chi connectivity index (χ0) is 12.1. The Morgan fingerprint density at radius 2 is 2.53 bits per heavy atom. The number of hydrogen-bond donors (Lipinski definition) is 1. The van der Waals surface area contributed by atoms with Gasteiger partial charge in [-0.25, -0.2) is 4.98 Å². The van der Waals surface area contributed by atoms with E-state index in [0.717, 1.165) is 19.0 Å². The smallest absolute Gasteiger partial charge is 0.183 e. The summed E-state index contributed by atoms with van der Waals surface area (Å²) in [4.78, 5) is 7.85. The van der Waals surface area contributed by atoms with E-state index in [4.69, 9.17) is 11.6 Å². The average Bonchev–Trinajstić information content (AvgIpc) is 2.75. The minimum atomic E-state index is 0.649. The van der Waals surface area contributed by atoms with Crippen molar-refractivity contribution in [2.45, 2.75) is 26.3 Å². The van der Waals surface area contributed by atoms with E-state index < -0.39 is 0 Å². The molecule has 1 saturated heterocycles. The van der Waals surface area contributed by atoms with Gasteiger partial charge in [-0.2, -0.15) is 0 Å². The molecule has 1 fully saturated rings. The van der Waals surface area contributed by atoms with Crippen LogP contribution in [0.5, 0.6) is 0 Å². The molecule has 0 spiro atoms. The predicted octanol–water partition coefficient (Wildman–Crippen LogP) is 2.62. The number of thiazole rings is 1. The third kappa shape index (κ3) is 4.21. The van der Waals surface area contributed by atoms with Gasteiger partial charge in [0.25, 0.3) is 0 Å². The molecule has 1 aromatic rings. The second-order valence-corrected chi connectivity index (χ2v) is 6.32. The first-order chi connectivity index (χ1) is 8.28. The van der Waals surface area contributed by atoms with Crippen LogP contribution in [0, 0.1) is 5.92 Å². The Morgan fingerprint density at radius 3 is 3.12 bits per heavy atom. The Morgan fingerprint density at radius 1 is 1.65 bits per heavy atom. The van der Waals surface area contributed by atoms with Crippen LogP contribution in [0.3, 0.4) is 0 Å². The summed E-state index contributed by atoms with van der Waals surface area (Å²) in [6.45, 7) is 7.83. The molecule has 5 heteroatoms. The molecule has 0 radical (unpaired) electrons. The number of nitrogens with zero attached hydrogens (tertiary/aromatic N) is 2. The van der Waals surface area contributed by atoms with Gasteiger partial charge in [-0.1, -0.05) is 18.5 Å². The predicted molar refractivity (Wildman–Crippen MR) is 73.7 cm³/mol. The first kappa shape index (κ1) is 13.3. The zero-order valence-corrected chi connectivity index (χ0v) is 11.9. The molecular formula is C12H20ClN3S. The third-order valence-electron chi connectivity index (χ3n) is 3.27. The van der Waals surface area contributed by atoms with Gasteiger partial charge >= 0.3 is 0 Å². The summed E-state index contributed by atoms with van der Waals surface area (Å²) in [5.41, 5.74) is 0. The third-order valence-corrected chi connectivity index (χ3v) is 4.37. The summed E-state index contributed by atoms with van der Waals surface area (Å²) in [5.74, 6) is 0.798. The van der Waals surface area contributed by atoms with Crippen molar-refractivity contribution in [3.05, 3.63) is 15.5 Å². The van der Waals surface area contributed by atoms with Crippen molar-refractivity contribution in [1.29, 1.82) is 0 Å². The highest BCUT2D eigenvalue weighted by Gasteiger charge is 2.16. The van der Waals surface area contributed by atoms with Gasteiger partial charge in [-0.3, -0.25) is 4.90 Å². The fourth-order valence-electron chi connectivity index (χ4n) is 2.33. The maximum Gasteiger partial charge on any atom is 0.183 e. The highest BCUT2D eigenvalue weighted by Crippen LogP contribution is 2.20. The van der Waals surface area contributed by atoms with Gasteiger partial charge in [0.2, 0.25) is 0 Å². The van der Waals surface area contributed by atoms with Crippen LogP contribution in [0.15, 0.2) is 6.20 Å². The molecule has 0 amide bonds. The molecule has 96 valence electrons. The molecule has 0 aromatic carbocycles. The Kier molecular flexibility index (Phi) is 5.22. The zero-order valence-electron chi connectivity index (χ0n) is 10.3. The minimum Gasteiger partial charge on any atom is -0.316 e. The number of hydrogen-bond acceptors (Lipinski definition) is 4. The van der Waals surface area contributed by atoms with Crippen LogP contribution in [-0.4, -0.2) is 36.1 Å². The minimum absolute atomic E-state index is 0.649. The van der Waals surface area contributed by atoms with Crippen molar-refractivity contribution in [2.24, 2.45) is 5.92 Å². The monoisotopic (exact) mass is 273 g/mol. The number of aromatic nitrogens is 1. The van der Waals surface area contributed by atoms with Gasteiger partial charge < -0.3 is 5.32 Å². The molecule has 1 N–H and O–H groups in total. The first-order valence-electron chi connectivity index (χ1n) is 6.31. The van der Waals surface area contributed by atoms with Gasteiger partial charge in [0.15, 0.2) is 4.47 Å². The van der Waals surface area contributed by atoms with Gasteiger partial charge in [-0.05, 0) is 38.4 Å². The van der Waals surface area contributed by atoms with Crippen LogP contribution < -0.4 is 5.32 Å². The van der Waals surface area contributed by atoms with Crippen molar-refractivity contribution in [3.63, 3.8) is 0 Å². The van der Waals surface area contributed by atoms with E-state index in [-0.39, 0.29) is 0 Å². The maximum atomic E-state index is 5.86. The fraction of sp³-hybridized carbons (Fsp3) is 0.750. The second kappa shape index (κ2) is 6.69. The largest absolute Gasteiger partial charge is 0.316 e. The summed E-state index contributed by atoms with van der Waals surface area (Å²) in [6.07, 6.45) is 4.57. The van der Waals surface area contributed by atoms with Crippen LogP contribution in [0.4, 0.5) is 0 Å². The van der Waals surface area contributed by atoms with Crippen molar-refractivity contribution >= 4 is 22.9 Å². The molecule has 0 saturated carbocycles. The lowest BCUT2D eigenvalue weighted by Gasteiger charge is -2.29. The van der Waals surface area contributed by atoms with Crippen LogP contribution in [0.25, 0.3) is 0 Å². The second-order valence-electron chi connectivity index (χ2n) is 4.62. The lowest BCUT2D eigenvalue weighted by atomic mass is 9.99. The standard InChI is InChI=1S/C12H20ClN3S/c1-2-16(8-10-4-3-5-14-6-10)9-11-7-15-12(13)17-11/h7,10,14H,2-6,8-9H2,1H3. The van der Waals surface area contributed by atoms with E-state index in [1.165, 1.54) is 37.4 Å². The highest BCUT2D eigenvalue weighted by molar-refractivity contribution is 7.15. The molecule has 17 heavy (non-hydrogen) atoms. The van der Waals surface area contributed by atoms with E-state index in [1.807, 2.05) is 6.20 Å². The quantitative estimate of drug-likeness (QED) is 0.894. The van der Waals surface area contributed by atoms with E-state index in [9.17, 15) is 0 Å². The van der Waals surface area contributed by atoms with E-state index >= 15 is 0 Å². The molecule has 1 aromatic heterocycles. The Hall–Kier alpha value is -0.160. The van der Waals surface area contributed by atoms with E-state index in [2.05, 4.69) is 22.1 Å². The van der Waals surface area contributed by atoms with Crippen LogP contribution in [-0.2, 0) is 6.54 Å². The SMILES string of the molecule is CCN(Cc1cnc(Cl)s1)CC1CCCNC1. The summed E-state index contributed by atoms with van der Waals surface area (Å²) < 4.78 is 0.649. The highest BCUT2D eigenvalue weighted by atomic mass is 35.5. The number of nitrogens with one attached hydrogen (secondary N) is 1. The lowest BCUT2D eigenvalue weighted by molar-refractivity contribution is 0.211. The van der Waals surface area contributed by atoms with Crippen LogP contribution in [0.2, 0.25) is 4.47 Å². The van der Waals surface area contributed by atoms with E-state index in [1.54, 1.807) is 11.3 Å². The molecular weight excluding hydrogens is 254 g/mol. The molecule has 1 aliphatic heterocycles. The Balaban J connectivity index is 1.83. The molecule has 1 atom stereocenters. The van der Waals surface area contributed by atoms with Crippen molar-refractivity contribution in [1.82, 2.24) is 15.2 Å². The number of rotatable bonds is 5. The van der Waals surface area contributed by atoms with Crippen LogP contribution in [0.1, 0.15) is 24.6 Å². The fourth-order valence-corrected chi connectivity index (χ4v) is 3.35. The molecule has 0 bridgehead atoms. The van der Waals surface area contributed by atoms with Gasteiger partial charge in [-0.15, -0.1) is 11.3 Å². The van der Waals surface area contributed by atoms with Crippen molar-refractivity contribution in [3.8, 4) is 0 Å². The molecule has 1 aliphatic rings. The first-order valence-corrected chi connectivity index (χ1v) is 7.50. The molecule has 3 nitrogen and oxygen atoms in total. The normalized spacial score (nSPS) is 21.0. The Labute approximate surface area is 112 Å². The number of halogens is 1. The maximum absolute atomic E-state index is 5.86. The van der Waals surface area contributed by atoms with Gasteiger partial charge in [0, 0.05) is 24.2 Å².